The van der Waals surface area contributed by atoms with Crippen LogP contribution in [0.4, 0.5) is 0 Å². The molecule has 1 fully saturated rings. The van der Waals surface area contributed by atoms with E-state index in [1.54, 1.807) is 11.3 Å². The fraction of sp³-hybridized carbons (Fsp3) is 0.556. The highest BCUT2D eigenvalue weighted by atomic mass is 35.5. The Labute approximate surface area is 98.0 Å². The summed E-state index contributed by atoms with van der Waals surface area (Å²) in [5.74, 6) is 0. The minimum absolute atomic E-state index is 0. The molecular weight excluding hydrogens is 238 g/mol. The molecule has 0 bridgehead atoms. The number of hydrogen-bond acceptors (Lipinski definition) is 4. The Balaban J connectivity index is 0.00000112. The van der Waals surface area contributed by atoms with Gasteiger partial charge in [0.05, 0.1) is 11.5 Å². The third-order valence-electron chi connectivity index (χ3n) is 2.69. The highest BCUT2D eigenvalue weighted by Crippen LogP contribution is 2.24. The van der Waals surface area contributed by atoms with Crippen LogP contribution < -0.4 is 17.7 Å². The van der Waals surface area contributed by atoms with Gasteiger partial charge in [0, 0.05) is 0 Å². The van der Waals surface area contributed by atoms with E-state index in [0.29, 0.717) is 0 Å². The van der Waals surface area contributed by atoms with Gasteiger partial charge < -0.3 is 33.0 Å². The molecule has 1 aromatic heterocycles. The Morgan fingerprint density at radius 3 is 2.53 bits per heavy atom. The molecule has 5 N–H and O–H groups in total. The maximum absolute atomic E-state index is 9.75. The zero-order valence-electron chi connectivity index (χ0n) is 7.95. The van der Waals surface area contributed by atoms with Gasteiger partial charge in [0.1, 0.15) is 18.2 Å². The standard InChI is InChI=1S/C9H13NO3S.ClH/c11-4-5-8(12)9(13)7(10-5)6-2-1-3-14-6;/h1-3,5,7-13H,4H2;1H/t5-,7-,8-,9+;/m1./s1. The van der Waals surface area contributed by atoms with E-state index in [9.17, 15) is 10.2 Å². The summed E-state index contributed by atoms with van der Waals surface area (Å²) in [4.78, 5) is 1.03. The first-order valence-corrected chi connectivity index (χ1v) is 5.47. The van der Waals surface area contributed by atoms with Crippen molar-refractivity contribution in [3.05, 3.63) is 22.4 Å². The lowest BCUT2D eigenvalue weighted by molar-refractivity contribution is -0.713. The van der Waals surface area contributed by atoms with E-state index in [4.69, 9.17) is 5.11 Å². The van der Waals surface area contributed by atoms with Crippen LogP contribution in [0.3, 0.4) is 0 Å². The number of aliphatic hydroxyl groups excluding tert-OH is 3. The molecule has 2 heterocycles. The molecule has 0 aromatic carbocycles. The van der Waals surface area contributed by atoms with Gasteiger partial charge in [-0.25, -0.2) is 0 Å². The predicted molar refractivity (Wildman–Crippen MR) is 51.9 cm³/mol. The number of thiophene rings is 1. The Hall–Kier alpha value is -0.170. The molecule has 0 unspecified atom stereocenters. The molecule has 0 spiro atoms. The average Bonchev–Trinajstić information content (AvgIpc) is 2.78. The van der Waals surface area contributed by atoms with E-state index in [0.717, 1.165) is 4.88 Å². The van der Waals surface area contributed by atoms with Crippen LogP contribution in [0.5, 0.6) is 0 Å². The number of quaternary nitrogens is 1. The van der Waals surface area contributed by atoms with Gasteiger partial charge in [0.25, 0.3) is 0 Å². The molecule has 0 amide bonds. The molecule has 0 saturated carbocycles. The molecule has 1 aliphatic rings. The van der Waals surface area contributed by atoms with Crippen LogP contribution in [-0.2, 0) is 0 Å². The van der Waals surface area contributed by atoms with Crippen molar-refractivity contribution in [2.75, 3.05) is 6.61 Å². The average molecular weight is 252 g/mol. The van der Waals surface area contributed by atoms with Gasteiger partial charge in [-0.15, -0.1) is 11.3 Å². The zero-order chi connectivity index (χ0) is 10.1. The summed E-state index contributed by atoms with van der Waals surface area (Å²) in [6.45, 7) is -0.111. The minimum Gasteiger partial charge on any atom is -1.00 e. The third-order valence-corrected chi connectivity index (χ3v) is 3.67. The van der Waals surface area contributed by atoms with Crippen LogP contribution in [0, 0.1) is 0 Å². The molecule has 1 saturated heterocycles. The summed E-state index contributed by atoms with van der Waals surface area (Å²) in [6.07, 6.45) is -1.63. The van der Waals surface area contributed by atoms with Crippen LogP contribution in [-0.4, -0.2) is 40.2 Å². The summed E-state index contributed by atoms with van der Waals surface area (Å²) >= 11 is 1.55. The first kappa shape index (κ1) is 12.9. The number of aliphatic hydroxyl groups is 3. The first-order chi connectivity index (χ1) is 6.74. The van der Waals surface area contributed by atoms with Crippen LogP contribution in [0.25, 0.3) is 0 Å². The smallest absolute Gasteiger partial charge is 0.150 e. The summed E-state index contributed by atoms with van der Waals surface area (Å²) < 4.78 is 0. The van der Waals surface area contributed by atoms with Gasteiger partial charge in [-0.3, -0.25) is 0 Å². The number of hydrogen-bond donors (Lipinski definition) is 4. The van der Waals surface area contributed by atoms with Crippen molar-refractivity contribution >= 4 is 11.3 Å². The van der Waals surface area contributed by atoms with E-state index in [-0.39, 0.29) is 31.1 Å². The second kappa shape index (κ2) is 5.25. The number of nitrogens with two attached hydrogens (primary N) is 1. The SMILES string of the molecule is OC[C@H]1[NH2+][C@H](c2cccs2)[C@H](O)[C@@H]1O.[Cl-]. The van der Waals surface area contributed by atoms with Crippen molar-refractivity contribution in [3.63, 3.8) is 0 Å². The molecule has 0 aliphatic carbocycles. The molecule has 1 aromatic rings. The molecule has 1 aliphatic heterocycles. The largest absolute Gasteiger partial charge is 1.00 e. The van der Waals surface area contributed by atoms with Crippen molar-refractivity contribution in [2.45, 2.75) is 24.3 Å². The van der Waals surface area contributed by atoms with Gasteiger partial charge in [0.2, 0.25) is 0 Å². The quantitative estimate of drug-likeness (QED) is 0.428. The first-order valence-electron chi connectivity index (χ1n) is 4.59. The maximum atomic E-state index is 9.75. The molecule has 4 atom stereocenters. The van der Waals surface area contributed by atoms with E-state index >= 15 is 0 Å². The summed E-state index contributed by atoms with van der Waals surface area (Å²) in [5, 5.41) is 32.1. The summed E-state index contributed by atoms with van der Waals surface area (Å²) in [6, 6.07) is 3.40. The second-order valence-corrected chi connectivity index (χ2v) is 4.54. The van der Waals surface area contributed by atoms with Crippen LogP contribution >= 0.6 is 11.3 Å². The van der Waals surface area contributed by atoms with Gasteiger partial charge in [-0.05, 0) is 11.4 Å². The predicted octanol–water partition coefficient (Wildman–Crippen LogP) is -4.55. The Bertz CT molecular complexity index is 296. The topological polar surface area (TPSA) is 77.3 Å². The zero-order valence-corrected chi connectivity index (χ0v) is 9.53. The van der Waals surface area contributed by atoms with Crippen LogP contribution in [0.15, 0.2) is 17.5 Å². The normalized spacial score (nSPS) is 35.1. The minimum atomic E-state index is -0.841. The van der Waals surface area contributed by atoms with Crippen molar-refractivity contribution in [2.24, 2.45) is 0 Å². The van der Waals surface area contributed by atoms with E-state index in [1.807, 2.05) is 22.8 Å². The highest BCUT2D eigenvalue weighted by Gasteiger charge is 2.45. The summed E-state index contributed by atoms with van der Waals surface area (Å²) in [7, 11) is 0. The van der Waals surface area contributed by atoms with Gasteiger partial charge in [-0.1, -0.05) is 6.07 Å². The van der Waals surface area contributed by atoms with Crippen LogP contribution in [0.1, 0.15) is 10.9 Å². The monoisotopic (exact) mass is 251 g/mol. The van der Waals surface area contributed by atoms with Crippen molar-refractivity contribution < 1.29 is 33.0 Å². The molecule has 86 valence electrons. The molecule has 4 nitrogen and oxygen atoms in total. The molecule has 15 heavy (non-hydrogen) atoms. The van der Waals surface area contributed by atoms with Crippen LogP contribution in [0.2, 0.25) is 0 Å². The Kier molecular flexibility index (Phi) is 4.51. The maximum Gasteiger partial charge on any atom is 0.150 e. The van der Waals surface area contributed by atoms with Gasteiger partial charge in [0.15, 0.2) is 6.04 Å². The van der Waals surface area contributed by atoms with Crippen molar-refractivity contribution in [1.29, 1.82) is 0 Å². The number of halogens is 1. The van der Waals surface area contributed by atoms with Crippen molar-refractivity contribution in [1.82, 2.24) is 0 Å². The fourth-order valence-electron chi connectivity index (χ4n) is 1.87. The van der Waals surface area contributed by atoms with E-state index in [1.165, 1.54) is 0 Å². The second-order valence-electron chi connectivity index (χ2n) is 3.56. The molecular formula is C9H14ClNO3S. The molecule has 6 heteroatoms. The van der Waals surface area contributed by atoms with Crippen molar-refractivity contribution in [3.8, 4) is 0 Å². The molecule has 0 radical (unpaired) electrons. The fourth-order valence-corrected chi connectivity index (χ4v) is 2.72. The lowest BCUT2D eigenvalue weighted by Gasteiger charge is -2.09. The molecule has 2 rings (SSSR count). The van der Waals surface area contributed by atoms with E-state index < -0.39 is 12.2 Å². The Morgan fingerprint density at radius 1 is 1.33 bits per heavy atom. The Morgan fingerprint density at radius 2 is 2.07 bits per heavy atom. The number of rotatable bonds is 2. The highest BCUT2D eigenvalue weighted by molar-refractivity contribution is 7.10. The lowest BCUT2D eigenvalue weighted by Crippen LogP contribution is -3.00. The third kappa shape index (κ3) is 2.33. The van der Waals surface area contributed by atoms with E-state index in [2.05, 4.69) is 0 Å². The van der Waals surface area contributed by atoms with Gasteiger partial charge >= 0.3 is 0 Å². The lowest BCUT2D eigenvalue weighted by atomic mass is 10.1. The van der Waals surface area contributed by atoms with Gasteiger partial charge in [-0.2, -0.15) is 0 Å². The summed E-state index contributed by atoms with van der Waals surface area (Å²) in [5.41, 5.74) is 0.